The van der Waals surface area contributed by atoms with Gasteiger partial charge in [0, 0.05) is 6.54 Å². The molecule has 0 aliphatic carbocycles. The molecule has 5 nitrogen and oxygen atoms in total. The molecule has 2 N–H and O–H groups in total. The molecule has 14 heavy (non-hydrogen) atoms. The van der Waals surface area contributed by atoms with Crippen molar-refractivity contribution in [1.29, 1.82) is 0 Å². The van der Waals surface area contributed by atoms with Gasteiger partial charge in [0.2, 0.25) is 10.0 Å². The van der Waals surface area contributed by atoms with Gasteiger partial charge in [-0.15, -0.1) is 0 Å². The van der Waals surface area contributed by atoms with E-state index in [1.165, 1.54) is 13.8 Å². The molecule has 0 bridgehead atoms. The number of rotatable bonds is 6. The second-order valence-corrected chi connectivity index (χ2v) is 5.88. The van der Waals surface area contributed by atoms with Gasteiger partial charge >= 0.3 is 5.97 Å². The lowest BCUT2D eigenvalue weighted by atomic mass is 10.2. The van der Waals surface area contributed by atoms with E-state index < -0.39 is 20.7 Å². The fourth-order valence-electron chi connectivity index (χ4n) is 0.679. The summed E-state index contributed by atoms with van der Waals surface area (Å²) in [6.07, 6.45) is 1.56. The van der Waals surface area contributed by atoms with Gasteiger partial charge in [0.1, 0.15) is 0 Å². The highest BCUT2D eigenvalue weighted by Gasteiger charge is 2.41. The highest BCUT2D eigenvalue weighted by molar-refractivity contribution is 7.91. The van der Waals surface area contributed by atoms with Crippen molar-refractivity contribution in [3.8, 4) is 0 Å². The molecule has 0 rings (SSSR count). The topological polar surface area (TPSA) is 83.5 Å². The molecule has 0 spiro atoms. The largest absolute Gasteiger partial charge is 0.480 e. The van der Waals surface area contributed by atoms with Gasteiger partial charge in [0.25, 0.3) is 0 Å². The van der Waals surface area contributed by atoms with Crippen LogP contribution in [0.3, 0.4) is 0 Å². The number of unbranched alkanes of at least 4 members (excludes halogenated alkanes) is 1. The average Bonchev–Trinajstić information content (AvgIpc) is 2.04. The zero-order valence-corrected chi connectivity index (χ0v) is 9.52. The van der Waals surface area contributed by atoms with Crippen LogP contribution in [0.1, 0.15) is 33.6 Å². The summed E-state index contributed by atoms with van der Waals surface area (Å²) in [4.78, 5) is 10.7. The average molecular weight is 223 g/mol. The Balaban J connectivity index is 4.55. The number of hydrogen-bond donors (Lipinski definition) is 2. The molecule has 0 aromatic heterocycles. The molecule has 84 valence electrons. The van der Waals surface area contributed by atoms with Gasteiger partial charge in [-0.3, -0.25) is 4.79 Å². The smallest absolute Gasteiger partial charge is 0.325 e. The van der Waals surface area contributed by atoms with Crippen LogP contribution in [0.4, 0.5) is 0 Å². The minimum absolute atomic E-state index is 0.287. The van der Waals surface area contributed by atoms with Gasteiger partial charge in [-0.1, -0.05) is 13.3 Å². The monoisotopic (exact) mass is 223 g/mol. The van der Waals surface area contributed by atoms with Crippen molar-refractivity contribution >= 4 is 16.0 Å². The summed E-state index contributed by atoms with van der Waals surface area (Å²) in [7, 11) is -3.78. The summed E-state index contributed by atoms with van der Waals surface area (Å²) < 4.78 is 23.4. The van der Waals surface area contributed by atoms with E-state index in [0.717, 1.165) is 6.42 Å². The molecule has 0 unspecified atom stereocenters. The summed E-state index contributed by atoms with van der Waals surface area (Å²) in [5, 5.41) is 8.71. The molecular formula is C8H17NO4S. The fourth-order valence-corrected chi connectivity index (χ4v) is 1.68. The predicted octanol–water partition coefficient (Wildman–Crippen LogP) is 0.569. The van der Waals surface area contributed by atoms with Crippen LogP contribution in [0.2, 0.25) is 0 Å². The first-order valence-electron chi connectivity index (χ1n) is 4.48. The number of carboxylic acid groups (broad SMARTS) is 1. The van der Waals surface area contributed by atoms with Crippen LogP contribution in [0.5, 0.6) is 0 Å². The third kappa shape index (κ3) is 2.95. The van der Waals surface area contributed by atoms with Gasteiger partial charge in [-0.25, -0.2) is 13.1 Å². The minimum Gasteiger partial charge on any atom is -0.480 e. The zero-order chi connectivity index (χ0) is 11.4. The lowest BCUT2D eigenvalue weighted by Gasteiger charge is -2.19. The number of carboxylic acids is 1. The van der Waals surface area contributed by atoms with E-state index in [0.29, 0.717) is 6.42 Å². The Bertz CT molecular complexity index is 294. The molecule has 0 saturated carbocycles. The summed E-state index contributed by atoms with van der Waals surface area (Å²) in [6, 6.07) is 0. The molecule has 0 aliphatic heterocycles. The van der Waals surface area contributed by atoms with Crippen molar-refractivity contribution in [2.75, 3.05) is 6.54 Å². The summed E-state index contributed by atoms with van der Waals surface area (Å²) in [6.45, 7) is 4.55. The molecule has 0 atom stereocenters. The Morgan fingerprint density at radius 2 is 1.93 bits per heavy atom. The number of hydrogen-bond acceptors (Lipinski definition) is 3. The Morgan fingerprint density at radius 3 is 2.29 bits per heavy atom. The minimum atomic E-state index is -3.78. The molecule has 0 amide bonds. The van der Waals surface area contributed by atoms with Gasteiger partial charge in [0.05, 0.1) is 0 Å². The second kappa shape index (κ2) is 4.75. The maximum Gasteiger partial charge on any atom is 0.325 e. The van der Waals surface area contributed by atoms with Crippen molar-refractivity contribution < 1.29 is 18.3 Å². The van der Waals surface area contributed by atoms with Gasteiger partial charge in [-0.2, -0.15) is 0 Å². The fraction of sp³-hybridized carbons (Fsp3) is 0.875. The Kier molecular flexibility index (Phi) is 4.54. The molecule has 0 radical (unpaired) electrons. The molecule has 0 fully saturated rings. The Hall–Kier alpha value is -0.620. The SMILES string of the molecule is CCCCNS(=O)(=O)C(C)(C)C(=O)O. The van der Waals surface area contributed by atoms with Crippen LogP contribution in [0.15, 0.2) is 0 Å². The van der Waals surface area contributed by atoms with Crippen molar-refractivity contribution in [2.45, 2.75) is 38.4 Å². The van der Waals surface area contributed by atoms with Crippen LogP contribution in [-0.2, 0) is 14.8 Å². The van der Waals surface area contributed by atoms with E-state index in [9.17, 15) is 13.2 Å². The van der Waals surface area contributed by atoms with Crippen molar-refractivity contribution in [2.24, 2.45) is 0 Å². The molecule has 0 aliphatic rings. The van der Waals surface area contributed by atoms with Crippen molar-refractivity contribution in [3.05, 3.63) is 0 Å². The maximum atomic E-state index is 11.5. The zero-order valence-electron chi connectivity index (χ0n) is 8.70. The molecule has 0 aromatic rings. The van der Waals surface area contributed by atoms with Crippen LogP contribution >= 0.6 is 0 Å². The molecular weight excluding hydrogens is 206 g/mol. The number of carbonyl (C=O) groups is 1. The van der Waals surface area contributed by atoms with Crippen LogP contribution in [0.25, 0.3) is 0 Å². The Morgan fingerprint density at radius 1 is 1.43 bits per heavy atom. The summed E-state index contributed by atoms with van der Waals surface area (Å²) in [5.74, 6) is -1.35. The quantitative estimate of drug-likeness (QED) is 0.645. The third-order valence-electron chi connectivity index (χ3n) is 2.01. The highest BCUT2D eigenvalue weighted by Crippen LogP contribution is 2.14. The van der Waals surface area contributed by atoms with E-state index in [1.54, 1.807) is 0 Å². The highest BCUT2D eigenvalue weighted by atomic mass is 32.2. The van der Waals surface area contributed by atoms with Gasteiger partial charge in [0.15, 0.2) is 4.75 Å². The van der Waals surface area contributed by atoms with Crippen LogP contribution in [-0.4, -0.2) is 30.8 Å². The molecule has 6 heteroatoms. The number of sulfonamides is 1. The maximum absolute atomic E-state index is 11.5. The van der Waals surface area contributed by atoms with Gasteiger partial charge < -0.3 is 5.11 Å². The first-order valence-corrected chi connectivity index (χ1v) is 5.96. The Labute approximate surface area is 84.6 Å². The number of aliphatic carboxylic acids is 1. The first-order chi connectivity index (χ1) is 6.25. The lowest BCUT2D eigenvalue weighted by molar-refractivity contribution is -0.139. The second-order valence-electron chi connectivity index (χ2n) is 3.57. The van der Waals surface area contributed by atoms with E-state index in [1.807, 2.05) is 6.92 Å². The lowest BCUT2D eigenvalue weighted by Crippen LogP contribution is -2.47. The van der Waals surface area contributed by atoms with Crippen molar-refractivity contribution in [3.63, 3.8) is 0 Å². The molecule has 0 saturated heterocycles. The molecule has 0 aromatic carbocycles. The first kappa shape index (κ1) is 13.4. The predicted molar refractivity (Wildman–Crippen MR) is 53.5 cm³/mol. The molecule has 0 heterocycles. The normalized spacial score (nSPS) is 12.8. The van der Waals surface area contributed by atoms with E-state index >= 15 is 0 Å². The van der Waals surface area contributed by atoms with Crippen LogP contribution < -0.4 is 4.72 Å². The van der Waals surface area contributed by atoms with E-state index in [-0.39, 0.29) is 6.54 Å². The van der Waals surface area contributed by atoms with Gasteiger partial charge in [-0.05, 0) is 20.3 Å². The van der Waals surface area contributed by atoms with Crippen molar-refractivity contribution in [1.82, 2.24) is 4.72 Å². The number of nitrogens with one attached hydrogen (secondary N) is 1. The van der Waals surface area contributed by atoms with E-state index in [4.69, 9.17) is 5.11 Å². The van der Waals surface area contributed by atoms with E-state index in [2.05, 4.69) is 4.72 Å². The summed E-state index contributed by atoms with van der Waals surface area (Å²) in [5.41, 5.74) is 0. The third-order valence-corrected chi connectivity index (χ3v) is 4.11. The summed E-state index contributed by atoms with van der Waals surface area (Å²) >= 11 is 0. The standard InChI is InChI=1S/C8H17NO4S/c1-4-5-6-9-14(12,13)8(2,3)7(10)11/h9H,4-6H2,1-3H3,(H,10,11). The van der Waals surface area contributed by atoms with Crippen LogP contribution in [0, 0.1) is 0 Å².